The van der Waals surface area contributed by atoms with Gasteiger partial charge in [0.25, 0.3) is 0 Å². The number of aliphatic hydroxyl groups is 1. The van der Waals surface area contributed by atoms with Crippen LogP contribution in [0.5, 0.6) is 0 Å². The van der Waals surface area contributed by atoms with Gasteiger partial charge in [0.1, 0.15) is 0 Å². The predicted molar refractivity (Wildman–Crippen MR) is 104 cm³/mol. The maximum Gasteiger partial charge on any atom is 0.154 e. The van der Waals surface area contributed by atoms with Gasteiger partial charge in [-0.15, -0.1) is 0 Å². The molecule has 1 atom stereocenters. The minimum Gasteiger partial charge on any atom is -0.389 e. The van der Waals surface area contributed by atoms with Crippen LogP contribution >= 0.6 is 0 Å². The Bertz CT molecular complexity index is 1080. The van der Waals surface area contributed by atoms with Crippen molar-refractivity contribution in [1.29, 1.82) is 0 Å². The average molecular weight is 343 g/mol. The molecule has 0 bridgehead atoms. The zero-order valence-electron chi connectivity index (χ0n) is 15.1. The van der Waals surface area contributed by atoms with Gasteiger partial charge in [0.2, 0.25) is 0 Å². The highest BCUT2D eigenvalue weighted by Crippen LogP contribution is 2.26. The molecule has 0 saturated heterocycles. The summed E-state index contributed by atoms with van der Waals surface area (Å²) in [6.07, 6.45) is 3.03. The molecule has 0 aliphatic heterocycles. The standard InChI is InChI=1S/C22H21N3O/c1-14-4-5-19(10-15(14)2)17-6-8-18(9-7-17)21-13-25-22(24-21)11-20(12-23-25)16(3)26/h4-13,16,26H,1-3H3. The minimum atomic E-state index is -0.551. The van der Waals surface area contributed by atoms with E-state index in [1.165, 1.54) is 22.3 Å². The number of rotatable bonds is 3. The van der Waals surface area contributed by atoms with Gasteiger partial charge in [-0.25, -0.2) is 9.50 Å². The molecule has 130 valence electrons. The maximum atomic E-state index is 9.71. The summed E-state index contributed by atoms with van der Waals surface area (Å²) in [5.74, 6) is 0. The molecule has 4 rings (SSSR count). The number of fused-ring (bicyclic) bond motifs is 1. The lowest BCUT2D eigenvalue weighted by molar-refractivity contribution is 0.198. The van der Waals surface area contributed by atoms with Crippen molar-refractivity contribution >= 4 is 5.65 Å². The largest absolute Gasteiger partial charge is 0.389 e. The fourth-order valence-electron chi connectivity index (χ4n) is 3.01. The van der Waals surface area contributed by atoms with Crippen LogP contribution in [-0.2, 0) is 0 Å². The van der Waals surface area contributed by atoms with E-state index in [-0.39, 0.29) is 0 Å². The summed E-state index contributed by atoms with van der Waals surface area (Å²) in [4.78, 5) is 4.64. The molecule has 0 amide bonds. The Hall–Kier alpha value is -2.98. The minimum absolute atomic E-state index is 0.551. The molecule has 4 aromatic rings. The van der Waals surface area contributed by atoms with E-state index < -0.39 is 6.10 Å². The van der Waals surface area contributed by atoms with E-state index in [4.69, 9.17) is 0 Å². The third-order valence-electron chi connectivity index (χ3n) is 4.84. The van der Waals surface area contributed by atoms with Crippen molar-refractivity contribution in [2.24, 2.45) is 0 Å². The van der Waals surface area contributed by atoms with Crippen molar-refractivity contribution in [3.8, 4) is 22.4 Å². The first-order valence-corrected chi connectivity index (χ1v) is 8.73. The summed E-state index contributed by atoms with van der Waals surface area (Å²) in [5, 5.41) is 14.0. The number of hydrogen-bond acceptors (Lipinski definition) is 3. The van der Waals surface area contributed by atoms with Crippen LogP contribution in [0.25, 0.3) is 28.0 Å². The molecule has 26 heavy (non-hydrogen) atoms. The lowest BCUT2D eigenvalue weighted by Gasteiger charge is -2.06. The zero-order chi connectivity index (χ0) is 18.3. The van der Waals surface area contributed by atoms with Gasteiger partial charge < -0.3 is 5.11 Å². The van der Waals surface area contributed by atoms with Gasteiger partial charge in [-0.3, -0.25) is 0 Å². The quantitative estimate of drug-likeness (QED) is 0.585. The average Bonchev–Trinajstić information content (AvgIpc) is 3.07. The molecule has 0 fully saturated rings. The third-order valence-corrected chi connectivity index (χ3v) is 4.84. The zero-order valence-corrected chi connectivity index (χ0v) is 15.1. The van der Waals surface area contributed by atoms with Crippen LogP contribution < -0.4 is 0 Å². The van der Waals surface area contributed by atoms with Crippen molar-refractivity contribution in [2.75, 3.05) is 0 Å². The van der Waals surface area contributed by atoms with Crippen molar-refractivity contribution in [3.05, 3.63) is 77.6 Å². The summed E-state index contributed by atoms with van der Waals surface area (Å²) in [6.45, 7) is 5.99. The van der Waals surface area contributed by atoms with Crippen LogP contribution in [0.3, 0.4) is 0 Å². The molecule has 2 aromatic carbocycles. The fraction of sp³-hybridized carbons (Fsp3) is 0.182. The molecule has 1 N–H and O–H groups in total. The molecule has 0 saturated carbocycles. The van der Waals surface area contributed by atoms with Crippen LogP contribution in [0.2, 0.25) is 0 Å². The number of hydrogen-bond donors (Lipinski definition) is 1. The second-order valence-corrected chi connectivity index (χ2v) is 6.77. The van der Waals surface area contributed by atoms with E-state index >= 15 is 0 Å². The van der Waals surface area contributed by atoms with Crippen LogP contribution in [0, 0.1) is 13.8 Å². The third kappa shape index (κ3) is 3.00. The molecule has 0 radical (unpaired) electrons. The van der Waals surface area contributed by atoms with Gasteiger partial charge >= 0.3 is 0 Å². The fourth-order valence-corrected chi connectivity index (χ4v) is 3.01. The smallest absolute Gasteiger partial charge is 0.154 e. The lowest BCUT2D eigenvalue weighted by Crippen LogP contribution is -1.96. The topological polar surface area (TPSA) is 50.4 Å². The Morgan fingerprint density at radius 1 is 0.885 bits per heavy atom. The molecule has 1 unspecified atom stereocenters. The molecule has 0 spiro atoms. The summed E-state index contributed by atoms with van der Waals surface area (Å²) in [7, 11) is 0. The highest BCUT2D eigenvalue weighted by molar-refractivity contribution is 5.70. The molecular formula is C22H21N3O. The van der Waals surface area contributed by atoms with Gasteiger partial charge in [0.15, 0.2) is 5.65 Å². The summed E-state index contributed by atoms with van der Waals surface area (Å²) in [6, 6.07) is 16.8. The van der Waals surface area contributed by atoms with E-state index in [9.17, 15) is 5.11 Å². The lowest BCUT2D eigenvalue weighted by atomic mass is 9.99. The first kappa shape index (κ1) is 16.5. The number of aryl methyl sites for hydroxylation is 2. The number of benzene rings is 2. The normalized spacial score (nSPS) is 12.5. The highest BCUT2D eigenvalue weighted by Gasteiger charge is 2.09. The molecule has 0 aliphatic rings. The Kier molecular flexibility index (Phi) is 4.05. The van der Waals surface area contributed by atoms with Crippen molar-refractivity contribution in [1.82, 2.24) is 14.6 Å². The first-order valence-electron chi connectivity index (χ1n) is 8.73. The van der Waals surface area contributed by atoms with Crippen molar-refractivity contribution < 1.29 is 5.11 Å². The van der Waals surface area contributed by atoms with E-state index in [1.807, 2.05) is 12.3 Å². The van der Waals surface area contributed by atoms with Crippen molar-refractivity contribution in [3.63, 3.8) is 0 Å². The maximum absolute atomic E-state index is 9.71. The number of imidazole rings is 1. The Balaban J connectivity index is 1.68. The molecule has 2 heterocycles. The van der Waals surface area contributed by atoms with Crippen LogP contribution in [0.15, 0.2) is 60.9 Å². The SMILES string of the molecule is Cc1ccc(-c2ccc(-c3cn4ncc(C(C)O)cc4n3)cc2)cc1C. The van der Waals surface area contributed by atoms with Crippen LogP contribution in [0.4, 0.5) is 0 Å². The summed E-state index contributed by atoms with van der Waals surface area (Å²) >= 11 is 0. The van der Waals surface area contributed by atoms with E-state index in [0.29, 0.717) is 0 Å². The Morgan fingerprint density at radius 3 is 2.27 bits per heavy atom. The predicted octanol–water partition coefficient (Wildman–Crippen LogP) is 4.73. The molecule has 0 aliphatic carbocycles. The molecular weight excluding hydrogens is 322 g/mol. The second-order valence-electron chi connectivity index (χ2n) is 6.77. The number of aliphatic hydroxyl groups excluding tert-OH is 1. The molecule has 2 aromatic heterocycles. The van der Waals surface area contributed by atoms with E-state index in [0.717, 1.165) is 22.5 Å². The summed E-state index contributed by atoms with van der Waals surface area (Å²) in [5.41, 5.74) is 8.42. The van der Waals surface area contributed by atoms with Gasteiger partial charge in [-0.05, 0) is 49.1 Å². The number of aromatic nitrogens is 3. The summed E-state index contributed by atoms with van der Waals surface area (Å²) < 4.78 is 1.73. The van der Waals surface area contributed by atoms with Crippen molar-refractivity contribution in [2.45, 2.75) is 26.9 Å². The van der Waals surface area contributed by atoms with Gasteiger partial charge in [-0.1, -0.05) is 42.5 Å². The highest BCUT2D eigenvalue weighted by atomic mass is 16.3. The van der Waals surface area contributed by atoms with E-state index in [2.05, 4.69) is 66.4 Å². The monoisotopic (exact) mass is 343 g/mol. The van der Waals surface area contributed by atoms with E-state index in [1.54, 1.807) is 17.6 Å². The Morgan fingerprint density at radius 2 is 1.58 bits per heavy atom. The van der Waals surface area contributed by atoms with Crippen LogP contribution in [0.1, 0.15) is 29.7 Å². The van der Waals surface area contributed by atoms with Crippen LogP contribution in [-0.4, -0.2) is 19.7 Å². The molecule has 4 heteroatoms. The van der Waals surface area contributed by atoms with Gasteiger partial charge in [0, 0.05) is 11.1 Å². The Labute approximate surface area is 152 Å². The second kappa shape index (κ2) is 6.39. The number of nitrogens with zero attached hydrogens (tertiary/aromatic N) is 3. The molecule has 4 nitrogen and oxygen atoms in total. The van der Waals surface area contributed by atoms with Gasteiger partial charge in [-0.2, -0.15) is 5.10 Å². The van der Waals surface area contributed by atoms with Gasteiger partial charge in [0.05, 0.1) is 24.2 Å². The first-order chi connectivity index (χ1) is 12.5.